The Morgan fingerprint density at radius 2 is 2.00 bits per heavy atom. The molecule has 0 aliphatic heterocycles. The minimum Gasteiger partial charge on any atom is -0.478 e. The van der Waals surface area contributed by atoms with E-state index in [9.17, 15) is 14.7 Å². The smallest absolute Gasteiger partial charge is 0.336 e. The molecule has 0 atom stereocenters. The lowest BCUT2D eigenvalue weighted by molar-refractivity contribution is -0.119. The largest absolute Gasteiger partial charge is 0.478 e. The van der Waals surface area contributed by atoms with Crippen molar-refractivity contribution in [2.45, 2.75) is 39.5 Å². The van der Waals surface area contributed by atoms with Gasteiger partial charge in [-0.15, -0.1) is 0 Å². The van der Waals surface area contributed by atoms with E-state index in [0.29, 0.717) is 18.7 Å². The molecule has 0 bridgehead atoms. The van der Waals surface area contributed by atoms with Crippen LogP contribution in [-0.4, -0.2) is 23.5 Å². The average molecular weight is 290 g/mol. The van der Waals surface area contributed by atoms with Gasteiger partial charge in [0.25, 0.3) is 0 Å². The number of carboxylic acids is 1. The van der Waals surface area contributed by atoms with Crippen molar-refractivity contribution < 1.29 is 14.7 Å². The molecule has 0 aromatic heterocycles. The van der Waals surface area contributed by atoms with E-state index < -0.39 is 5.97 Å². The molecule has 0 heterocycles. The van der Waals surface area contributed by atoms with Gasteiger partial charge in [-0.1, -0.05) is 6.42 Å². The zero-order valence-corrected chi connectivity index (χ0v) is 12.5. The van der Waals surface area contributed by atoms with Gasteiger partial charge in [-0.25, -0.2) is 4.79 Å². The van der Waals surface area contributed by atoms with Gasteiger partial charge in [0.2, 0.25) is 5.91 Å². The molecular weight excluding hydrogens is 268 g/mol. The molecule has 5 heteroatoms. The quantitative estimate of drug-likeness (QED) is 0.776. The third kappa shape index (κ3) is 3.24. The second-order valence-corrected chi connectivity index (χ2v) is 6.05. The molecule has 0 spiro atoms. The van der Waals surface area contributed by atoms with Crippen LogP contribution in [0.5, 0.6) is 0 Å². The van der Waals surface area contributed by atoms with Crippen LogP contribution >= 0.6 is 0 Å². The summed E-state index contributed by atoms with van der Waals surface area (Å²) in [6.45, 7) is 4.13. The van der Waals surface area contributed by atoms with Crippen molar-refractivity contribution in [2.75, 3.05) is 11.9 Å². The molecular formula is C16H22N2O3. The molecule has 21 heavy (non-hydrogen) atoms. The number of nitrogens with one attached hydrogen (secondary N) is 1. The molecule has 1 saturated carbocycles. The van der Waals surface area contributed by atoms with Gasteiger partial charge in [0.1, 0.15) is 0 Å². The van der Waals surface area contributed by atoms with Gasteiger partial charge >= 0.3 is 5.97 Å². The third-order valence-electron chi connectivity index (χ3n) is 4.56. The fourth-order valence-electron chi connectivity index (χ4n) is 2.83. The topological polar surface area (TPSA) is 92.4 Å². The van der Waals surface area contributed by atoms with E-state index in [0.717, 1.165) is 30.4 Å². The van der Waals surface area contributed by atoms with Crippen molar-refractivity contribution in [3.8, 4) is 0 Å². The number of carboxylic acid groups (broad SMARTS) is 1. The fraction of sp³-hybridized carbons (Fsp3) is 0.500. The second kappa shape index (κ2) is 5.85. The van der Waals surface area contributed by atoms with E-state index in [4.69, 9.17) is 5.73 Å². The molecule has 0 unspecified atom stereocenters. The normalized spacial score (nSPS) is 16.1. The number of hydrogen-bond donors (Lipinski definition) is 3. The third-order valence-corrected chi connectivity index (χ3v) is 4.56. The van der Waals surface area contributed by atoms with E-state index in [2.05, 4.69) is 5.32 Å². The van der Waals surface area contributed by atoms with Gasteiger partial charge in [0.05, 0.1) is 5.56 Å². The highest BCUT2D eigenvalue weighted by Crippen LogP contribution is 2.43. The summed E-state index contributed by atoms with van der Waals surface area (Å²) in [4.78, 5) is 23.4. The number of benzene rings is 1. The van der Waals surface area contributed by atoms with Crippen LogP contribution in [0.25, 0.3) is 0 Å². The molecule has 4 N–H and O–H groups in total. The summed E-state index contributed by atoms with van der Waals surface area (Å²) in [6.07, 6.45) is 3.50. The van der Waals surface area contributed by atoms with Crippen LogP contribution in [0.3, 0.4) is 0 Å². The first-order valence-corrected chi connectivity index (χ1v) is 7.21. The number of rotatable bonds is 5. The Morgan fingerprint density at radius 1 is 1.33 bits per heavy atom. The van der Waals surface area contributed by atoms with E-state index in [1.165, 1.54) is 6.07 Å². The van der Waals surface area contributed by atoms with Crippen molar-refractivity contribution in [1.82, 2.24) is 0 Å². The van der Waals surface area contributed by atoms with Crippen LogP contribution < -0.4 is 11.1 Å². The van der Waals surface area contributed by atoms with Gasteiger partial charge in [0, 0.05) is 12.1 Å². The van der Waals surface area contributed by atoms with Gasteiger partial charge < -0.3 is 16.2 Å². The number of anilines is 1. The van der Waals surface area contributed by atoms with Crippen LogP contribution in [0, 0.1) is 19.3 Å². The van der Waals surface area contributed by atoms with Crippen LogP contribution in [0.4, 0.5) is 5.69 Å². The number of amides is 1. The van der Waals surface area contributed by atoms with E-state index in [1.54, 1.807) is 13.0 Å². The van der Waals surface area contributed by atoms with Crippen LogP contribution in [0.15, 0.2) is 12.1 Å². The summed E-state index contributed by atoms with van der Waals surface area (Å²) in [5.74, 6) is -1.08. The van der Waals surface area contributed by atoms with Crippen molar-refractivity contribution >= 4 is 17.6 Å². The summed E-state index contributed by atoms with van der Waals surface area (Å²) in [5.41, 5.74) is 8.03. The molecule has 1 aliphatic carbocycles. The van der Waals surface area contributed by atoms with Gasteiger partial charge in [-0.05, 0) is 61.9 Å². The predicted molar refractivity (Wildman–Crippen MR) is 81.5 cm³/mol. The molecule has 1 aromatic rings. The first-order chi connectivity index (χ1) is 9.87. The second-order valence-electron chi connectivity index (χ2n) is 6.05. The first kappa shape index (κ1) is 15.5. The van der Waals surface area contributed by atoms with Crippen molar-refractivity contribution in [2.24, 2.45) is 11.1 Å². The minimum absolute atomic E-state index is 0.0561. The Hall–Kier alpha value is -1.88. The molecule has 1 amide bonds. The molecule has 1 fully saturated rings. The first-order valence-electron chi connectivity index (χ1n) is 7.21. The van der Waals surface area contributed by atoms with Crippen molar-refractivity contribution in [1.29, 1.82) is 0 Å². The van der Waals surface area contributed by atoms with Gasteiger partial charge in [-0.2, -0.15) is 0 Å². The Kier molecular flexibility index (Phi) is 4.32. The highest BCUT2D eigenvalue weighted by atomic mass is 16.4. The maximum Gasteiger partial charge on any atom is 0.336 e. The van der Waals surface area contributed by atoms with Gasteiger partial charge in [0.15, 0.2) is 0 Å². The lowest BCUT2D eigenvalue weighted by Crippen LogP contribution is -2.40. The lowest BCUT2D eigenvalue weighted by Gasteiger charge is -2.40. The lowest BCUT2D eigenvalue weighted by atomic mass is 9.66. The maximum absolute atomic E-state index is 12.1. The Bertz CT molecular complexity index is 572. The summed E-state index contributed by atoms with van der Waals surface area (Å²) >= 11 is 0. The standard InChI is InChI=1S/C16H22N2O3/c1-10-6-12(7-13(11(10)2)15(20)21)18-14(19)8-16(9-17)4-3-5-16/h6-7H,3-5,8-9,17H2,1-2H3,(H,18,19)(H,20,21). The number of nitrogens with two attached hydrogens (primary N) is 1. The number of aromatic carboxylic acids is 1. The SMILES string of the molecule is Cc1cc(NC(=O)CC2(CN)CCC2)cc(C(=O)O)c1C. The maximum atomic E-state index is 12.1. The summed E-state index contributed by atoms with van der Waals surface area (Å²) in [7, 11) is 0. The predicted octanol–water partition coefficient (Wildman–Crippen LogP) is 2.46. The number of carbonyl (C=O) groups is 2. The molecule has 5 nitrogen and oxygen atoms in total. The zero-order chi connectivity index (χ0) is 15.6. The average Bonchev–Trinajstić information content (AvgIpc) is 2.37. The Labute approximate surface area is 124 Å². The van der Waals surface area contributed by atoms with E-state index in [-0.39, 0.29) is 16.9 Å². The fourth-order valence-corrected chi connectivity index (χ4v) is 2.83. The van der Waals surface area contributed by atoms with Crippen molar-refractivity contribution in [3.05, 3.63) is 28.8 Å². The van der Waals surface area contributed by atoms with Gasteiger partial charge in [-0.3, -0.25) is 4.79 Å². The highest BCUT2D eigenvalue weighted by molar-refractivity contribution is 5.95. The van der Waals surface area contributed by atoms with Crippen LogP contribution in [0.2, 0.25) is 0 Å². The summed E-state index contributed by atoms with van der Waals surface area (Å²) in [5, 5.41) is 12.0. The molecule has 1 aliphatic rings. The Balaban J connectivity index is 2.12. The number of aryl methyl sites for hydroxylation is 1. The summed E-state index contributed by atoms with van der Waals surface area (Å²) < 4.78 is 0. The monoisotopic (exact) mass is 290 g/mol. The Morgan fingerprint density at radius 3 is 2.48 bits per heavy atom. The molecule has 2 rings (SSSR count). The number of carbonyl (C=O) groups excluding carboxylic acids is 1. The molecule has 114 valence electrons. The van der Waals surface area contributed by atoms with Crippen LogP contribution in [-0.2, 0) is 4.79 Å². The minimum atomic E-state index is -0.982. The molecule has 0 saturated heterocycles. The molecule has 0 radical (unpaired) electrons. The zero-order valence-electron chi connectivity index (χ0n) is 12.5. The van der Waals surface area contributed by atoms with E-state index in [1.807, 2.05) is 6.92 Å². The van der Waals surface area contributed by atoms with Crippen molar-refractivity contribution in [3.63, 3.8) is 0 Å². The van der Waals surface area contributed by atoms with Crippen LogP contribution in [0.1, 0.15) is 47.2 Å². The van der Waals surface area contributed by atoms with E-state index >= 15 is 0 Å². The highest BCUT2D eigenvalue weighted by Gasteiger charge is 2.37. The molecule has 1 aromatic carbocycles. The number of hydrogen-bond acceptors (Lipinski definition) is 3. The summed E-state index contributed by atoms with van der Waals surface area (Å²) in [6, 6.07) is 3.31.